The zero-order chi connectivity index (χ0) is 14.4. The molecule has 20 heavy (non-hydrogen) atoms. The molecule has 0 saturated heterocycles. The molecule has 1 aromatic rings. The third-order valence-corrected chi connectivity index (χ3v) is 3.92. The van der Waals surface area contributed by atoms with E-state index in [2.05, 4.69) is 0 Å². The van der Waals surface area contributed by atoms with Crippen molar-refractivity contribution >= 4 is 0 Å². The van der Waals surface area contributed by atoms with Crippen LogP contribution in [0.15, 0.2) is 18.2 Å². The number of rotatable bonds is 6. The van der Waals surface area contributed by atoms with E-state index in [0.29, 0.717) is 6.61 Å². The molecule has 1 fully saturated rings. The van der Waals surface area contributed by atoms with Crippen molar-refractivity contribution in [2.24, 2.45) is 5.73 Å². The van der Waals surface area contributed by atoms with Gasteiger partial charge in [0.2, 0.25) is 0 Å². The Bertz CT molecular complexity index is 422. The lowest BCUT2D eigenvalue weighted by molar-refractivity contribution is 0.0168. The fraction of sp³-hybridized carbons (Fsp3) is 0.625. The van der Waals surface area contributed by atoms with E-state index in [0.717, 1.165) is 30.8 Å². The molecular formula is C16H25NO3. The number of methoxy groups -OCH3 is 2. The monoisotopic (exact) mass is 279 g/mol. The minimum Gasteiger partial charge on any atom is -0.493 e. The van der Waals surface area contributed by atoms with Gasteiger partial charge in [-0.2, -0.15) is 0 Å². The lowest BCUT2D eigenvalue weighted by Gasteiger charge is -2.28. The van der Waals surface area contributed by atoms with Crippen LogP contribution in [0, 0.1) is 0 Å². The van der Waals surface area contributed by atoms with Crippen molar-refractivity contribution in [3.05, 3.63) is 23.8 Å². The second-order valence-corrected chi connectivity index (χ2v) is 5.30. The van der Waals surface area contributed by atoms with Crippen molar-refractivity contribution in [3.8, 4) is 11.5 Å². The molecule has 4 heteroatoms. The van der Waals surface area contributed by atoms with Gasteiger partial charge in [0.25, 0.3) is 0 Å². The maximum atomic E-state index is 6.08. The van der Waals surface area contributed by atoms with Gasteiger partial charge in [-0.1, -0.05) is 18.9 Å². The van der Waals surface area contributed by atoms with Gasteiger partial charge in [-0.25, -0.2) is 0 Å². The molecule has 1 aliphatic carbocycles. The second-order valence-electron chi connectivity index (χ2n) is 5.30. The second kappa shape index (κ2) is 7.50. The summed E-state index contributed by atoms with van der Waals surface area (Å²) >= 11 is 0. The maximum Gasteiger partial charge on any atom is 0.160 e. The van der Waals surface area contributed by atoms with Crippen molar-refractivity contribution in [1.82, 2.24) is 0 Å². The Balaban J connectivity index is 1.84. The molecule has 0 radical (unpaired) electrons. The van der Waals surface area contributed by atoms with E-state index in [4.69, 9.17) is 19.9 Å². The first-order chi connectivity index (χ1) is 9.74. The molecule has 2 atom stereocenters. The molecule has 0 heterocycles. The standard InChI is InChI=1S/C16H25NO3/c1-18-15-8-7-12(11-16(15)19-2)9-10-20-14-6-4-3-5-13(14)17/h7-8,11,13-14H,3-6,9-10,17H2,1-2H3/t13-,14+/m1/s1. The molecule has 1 aliphatic rings. The van der Waals surface area contributed by atoms with E-state index in [1.165, 1.54) is 18.4 Å². The summed E-state index contributed by atoms with van der Waals surface area (Å²) in [4.78, 5) is 0. The largest absolute Gasteiger partial charge is 0.493 e. The highest BCUT2D eigenvalue weighted by atomic mass is 16.5. The first kappa shape index (κ1) is 15.1. The van der Waals surface area contributed by atoms with Gasteiger partial charge in [0.15, 0.2) is 11.5 Å². The van der Waals surface area contributed by atoms with E-state index >= 15 is 0 Å². The summed E-state index contributed by atoms with van der Waals surface area (Å²) in [6.45, 7) is 0.702. The zero-order valence-electron chi connectivity index (χ0n) is 12.4. The van der Waals surface area contributed by atoms with Crippen molar-refractivity contribution in [1.29, 1.82) is 0 Å². The molecule has 2 rings (SSSR count). The Morgan fingerprint density at radius 3 is 2.55 bits per heavy atom. The van der Waals surface area contributed by atoms with E-state index < -0.39 is 0 Å². The Kier molecular flexibility index (Phi) is 5.68. The van der Waals surface area contributed by atoms with Gasteiger partial charge in [0, 0.05) is 6.04 Å². The molecular weight excluding hydrogens is 254 g/mol. The fourth-order valence-electron chi connectivity index (χ4n) is 2.70. The van der Waals surface area contributed by atoms with Crippen molar-refractivity contribution in [2.45, 2.75) is 44.2 Å². The molecule has 112 valence electrons. The van der Waals surface area contributed by atoms with Crippen LogP contribution in [-0.4, -0.2) is 33.0 Å². The molecule has 2 N–H and O–H groups in total. The van der Waals surface area contributed by atoms with Gasteiger partial charge < -0.3 is 19.9 Å². The van der Waals surface area contributed by atoms with Crippen molar-refractivity contribution in [2.75, 3.05) is 20.8 Å². The van der Waals surface area contributed by atoms with Crippen molar-refractivity contribution in [3.63, 3.8) is 0 Å². The number of ether oxygens (including phenoxy) is 3. The Morgan fingerprint density at radius 2 is 1.85 bits per heavy atom. The first-order valence-electron chi connectivity index (χ1n) is 7.32. The van der Waals surface area contributed by atoms with Crippen LogP contribution in [0.2, 0.25) is 0 Å². The third kappa shape index (κ3) is 3.87. The number of nitrogens with two attached hydrogens (primary N) is 1. The van der Waals surface area contributed by atoms with E-state index in [1.807, 2.05) is 18.2 Å². The summed E-state index contributed by atoms with van der Waals surface area (Å²) in [5.74, 6) is 1.52. The molecule has 4 nitrogen and oxygen atoms in total. The van der Waals surface area contributed by atoms with Crippen LogP contribution in [0.25, 0.3) is 0 Å². The molecule has 0 aliphatic heterocycles. The van der Waals surface area contributed by atoms with Crippen molar-refractivity contribution < 1.29 is 14.2 Å². The summed E-state index contributed by atoms with van der Waals surface area (Å²) in [6.07, 6.45) is 5.73. The van der Waals surface area contributed by atoms with Crippen LogP contribution in [0.1, 0.15) is 31.2 Å². The van der Waals surface area contributed by atoms with E-state index in [9.17, 15) is 0 Å². The van der Waals surface area contributed by atoms with Gasteiger partial charge in [-0.05, 0) is 37.0 Å². The number of hydrogen-bond acceptors (Lipinski definition) is 4. The summed E-state index contributed by atoms with van der Waals surface area (Å²) in [6, 6.07) is 6.18. The zero-order valence-corrected chi connectivity index (χ0v) is 12.4. The molecule has 0 spiro atoms. The van der Waals surface area contributed by atoms with Crippen LogP contribution in [0.4, 0.5) is 0 Å². The van der Waals surface area contributed by atoms with Crippen LogP contribution >= 0.6 is 0 Å². The quantitative estimate of drug-likeness (QED) is 0.869. The summed E-state index contributed by atoms with van der Waals surface area (Å²) < 4.78 is 16.5. The first-order valence-corrected chi connectivity index (χ1v) is 7.32. The molecule has 1 saturated carbocycles. The summed E-state index contributed by atoms with van der Waals surface area (Å²) in [5.41, 5.74) is 7.27. The molecule has 1 aromatic carbocycles. The highest BCUT2D eigenvalue weighted by molar-refractivity contribution is 5.42. The Labute approximate surface area is 121 Å². The number of hydrogen-bond donors (Lipinski definition) is 1. The topological polar surface area (TPSA) is 53.7 Å². The minimum absolute atomic E-state index is 0.203. The smallest absolute Gasteiger partial charge is 0.160 e. The summed E-state index contributed by atoms with van der Waals surface area (Å²) in [7, 11) is 3.30. The SMILES string of the molecule is COc1ccc(CCO[C@H]2CCCC[C@H]2N)cc1OC. The van der Waals surface area contributed by atoms with Crippen LogP contribution in [0.3, 0.4) is 0 Å². The van der Waals surface area contributed by atoms with E-state index in [1.54, 1.807) is 14.2 Å². The van der Waals surface area contributed by atoms with Crippen LogP contribution < -0.4 is 15.2 Å². The van der Waals surface area contributed by atoms with Gasteiger partial charge >= 0.3 is 0 Å². The van der Waals surface area contributed by atoms with Gasteiger partial charge in [-0.3, -0.25) is 0 Å². The summed E-state index contributed by atoms with van der Waals surface area (Å²) in [5, 5.41) is 0. The lowest BCUT2D eigenvalue weighted by atomic mass is 9.93. The third-order valence-electron chi connectivity index (χ3n) is 3.92. The highest BCUT2D eigenvalue weighted by Gasteiger charge is 2.21. The van der Waals surface area contributed by atoms with Crippen LogP contribution in [0.5, 0.6) is 11.5 Å². The van der Waals surface area contributed by atoms with Gasteiger partial charge in [-0.15, -0.1) is 0 Å². The Hall–Kier alpha value is -1.26. The van der Waals surface area contributed by atoms with Gasteiger partial charge in [0.1, 0.15) is 0 Å². The van der Waals surface area contributed by atoms with Crippen LogP contribution in [-0.2, 0) is 11.2 Å². The molecule has 0 unspecified atom stereocenters. The molecule has 0 aromatic heterocycles. The molecule has 0 bridgehead atoms. The molecule has 0 amide bonds. The number of benzene rings is 1. The average molecular weight is 279 g/mol. The average Bonchev–Trinajstić information content (AvgIpc) is 2.49. The van der Waals surface area contributed by atoms with E-state index in [-0.39, 0.29) is 12.1 Å². The van der Waals surface area contributed by atoms with Gasteiger partial charge in [0.05, 0.1) is 26.9 Å². The maximum absolute atomic E-state index is 6.08. The predicted octanol–water partition coefficient (Wildman–Crippen LogP) is 2.53. The fourth-order valence-corrected chi connectivity index (χ4v) is 2.70. The normalized spacial score (nSPS) is 22.6. The predicted molar refractivity (Wildman–Crippen MR) is 79.4 cm³/mol. The Morgan fingerprint density at radius 1 is 1.10 bits per heavy atom. The highest BCUT2D eigenvalue weighted by Crippen LogP contribution is 2.28. The lowest BCUT2D eigenvalue weighted by Crippen LogP contribution is -2.39. The minimum atomic E-state index is 0.203.